The van der Waals surface area contributed by atoms with E-state index in [-0.39, 0.29) is 5.56 Å². The van der Waals surface area contributed by atoms with Crippen molar-refractivity contribution in [1.29, 1.82) is 0 Å². The summed E-state index contributed by atoms with van der Waals surface area (Å²) in [5.74, 6) is 0.531. The summed E-state index contributed by atoms with van der Waals surface area (Å²) in [6.45, 7) is 0. The fourth-order valence-electron chi connectivity index (χ4n) is 2.09. The zero-order chi connectivity index (χ0) is 15.5. The number of H-pyrrole nitrogens is 1. The maximum Gasteiger partial charge on any atom is 0.347 e. The van der Waals surface area contributed by atoms with Gasteiger partial charge >= 0.3 is 5.97 Å². The highest BCUT2D eigenvalue weighted by atomic mass is 127. The van der Waals surface area contributed by atoms with E-state index >= 15 is 0 Å². The molecule has 0 unspecified atom stereocenters. The van der Waals surface area contributed by atoms with Crippen molar-refractivity contribution in [2.24, 2.45) is 0 Å². The average molecular weight is 407 g/mol. The Morgan fingerprint density at radius 1 is 1.05 bits per heavy atom. The molecule has 22 heavy (non-hydrogen) atoms. The van der Waals surface area contributed by atoms with E-state index in [9.17, 15) is 9.59 Å². The summed E-state index contributed by atoms with van der Waals surface area (Å²) < 4.78 is 10.5. The number of pyridine rings is 1. The van der Waals surface area contributed by atoms with Crippen LogP contribution in [0.1, 0.15) is 10.4 Å². The fraction of sp³-hybridized carbons (Fsp3) is 0. The molecule has 0 saturated carbocycles. The first-order chi connectivity index (χ1) is 10.7. The molecular formula is C16H10INO4. The van der Waals surface area contributed by atoms with Crippen LogP contribution in [-0.2, 0) is 3.07 Å². The summed E-state index contributed by atoms with van der Waals surface area (Å²) in [6, 6.07) is 15.3. The predicted octanol–water partition coefficient (Wildman–Crippen LogP) is 3.83. The molecule has 1 N–H and O–H groups in total. The minimum absolute atomic E-state index is 0.275. The summed E-state index contributed by atoms with van der Waals surface area (Å²) in [5, 5.41) is 0.628. The summed E-state index contributed by atoms with van der Waals surface area (Å²) in [6.07, 6.45) is 0. The van der Waals surface area contributed by atoms with Crippen LogP contribution in [0.5, 0.6) is 11.5 Å². The van der Waals surface area contributed by atoms with Gasteiger partial charge in [-0.25, -0.2) is 4.79 Å². The molecule has 0 aliphatic heterocycles. The molecule has 1 heterocycles. The van der Waals surface area contributed by atoms with Crippen LogP contribution in [0, 0.1) is 0 Å². The van der Waals surface area contributed by atoms with Gasteiger partial charge in [0.05, 0.1) is 11.1 Å². The van der Waals surface area contributed by atoms with Gasteiger partial charge in [-0.1, -0.05) is 18.2 Å². The maximum atomic E-state index is 11.7. The molecule has 0 amide bonds. The van der Waals surface area contributed by atoms with Crippen molar-refractivity contribution in [3.63, 3.8) is 0 Å². The lowest BCUT2D eigenvalue weighted by atomic mass is 10.1. The molecule has 0 aliphatic carbocycles. The van der Waals surface area contributed by atoms with E-state index in [1.54, 1.807) is 30.3 Å². The topological polar surface area (TPSA) is 68.4 Å². The van der Waals surface area contributed by atoms with Crippen LogP contribution in [0.3, 0.4) is 0 Å². The zero-order valence-corrected chi connectivity index (χ0v) is 13.4. The number of aromatic nitrogens is 1. The number of para-hydroxylation sites is 1. The second-order valence-electron chi connectivity index (χ2n) is 4.54. The van der Waals surface area contributed by atoms with Crippen LogP contribution in [0.2, 0.25) is 0 Å². The van der Waals surface area contributed by atoms with Gasteiger partial charge in [0.2, 0.25) is 0 Å². The van der Waals surface area contributed by atoms with Crippen molar-refractivity contribution < 1.29 is 12.6 Å². The standard InChI is InChI=1S/C16H10INO4/c17-22-16(20)10-6-7-13-12(8-10)14(9-15(19)18-13)21-11-4-2-1-3-5-11/h1-9H,(H,18,19). The molecule has 0 saturated heterocycles. The second kappa shape index (κ2) is 6.18. The van der Waals surface area contributed by atoms with E-state index in [2.05, 4.69) is 8.05 Å². The van der Waals surface area contributed by atoms with Gasteiger partial charge in [-0.05, 0) is 30.3 Å². The number of nitrogens with one attached hydrogen (secondary N) is 1. The number of carbonyl (C=O) groups excluding carboxylic acids is 1. The lowest BCUT2D eigenvalue weighted by Gasteiger charge is -2.09. The van der Waals surface area contributed by atoms with Crippen molar-refractivity contribution in [2.75, 3.05) is 0 Å². The number of rotatable bonds is 3. The van der Waals surface area contributed by atoms with Crippen molar-refractivity contribution in [3.05, 3.63) is 70.5 Å². The van der Waals surface area contributed by atoms with Crippen molar-refractivity contribution in [1.82, 2.24) is 4.98 Å². The maximum absolute atomic E-state index is 11.7. The number of fused-ring (bicyclic) bond motifs is 1. The van der Waals surface area contributed by atoms with Gasteiger partial charge in [-0.15, -0.1) is 0 Å². The van der Waals surface area contributed by atoms with Crippen molar-refractivity contribution in [2.45, 2.75) is 0 Å². The molecular weight excluding hydrogens is 397 g/mol. The lowest BCUT2D eigenvalue weighted by Crippen LogP contribution is -2.06. The molecule has 0 radical (unpaired) electrons. The highest BCUT2D eigenvalue weighted by molar-refractivity contribution is 14.1. The van der Waals surface area contributed by atoms with Crippen LogP contribution < -0.4 is 10.3 Å². The zero-order valence-electron chi connectivity index (χ0n) is 11.2. The summed E-state index contributed by atoms with van der Waals surface area (Å²) in [5.41, 5.74) is 0.693. The first kappa shape index (κ1) is 14.6. The Morgan fingerprint density at radius 2 is 1.82 bits per heavy atom. The highest BCUT2D eigenvalue weighted by Gasteiger charge is 2.11. The minimum atomic E-state index is -0.459. The Kier molecular flexibility index (Phi) is 4.10. The first-order valence-electron chi connectivity index (χ1n) is 6.40. The fourth-order valence-corrected chi connectivity index (χ4v) is 2.35. The Morgan fingerprint density at radius 3 is 2.55 bits per heavy atom. The molecule has 0 bridgehead atoms. The number of carbonyl (C=O) groups is 1. The molecule has 1 aromatic heterocycles. The molecule has 110 valence electrons. The van der Waals surface area contributed by atoms with Crippen molar-refractivity contribution in [3.8, 4) is 11.5 Å². The van der Waals surface area contributed by atoms with E-state index < -0.39 is 5.97 Å². The first-order valence-corrected chi connectivity index (χ1v) is 7.28. The third-order valence-electron chi connectivity index (χ3n) is 3.08. The molecule has 5 nitrogen and oxygen atoms in total. The van der Waals surface area contributed by atoms with Crippen LogP contribution in [-0.4, -0.2) is 11.0 Å². The number of hydrogen-bond acceptors (Lipinski definition) is 4. The van der Waals surface area contributed by atoms with E-state index in [0.717, 1.165) is 0 Å². The SMILES string of the molecule is O=C(OI)c1ccc2[nH]c(=O)cc(Oc3ccccc3)c2c1. The van der Waals surface area contributed by atoms with Crippen LogP contribution >= 0.6 is 23.0 Å². The molecule has 3 aromatic rings. The largest absolute Gasteiger partial charge is 0.456 e. The number of ether oxygens (including phenoxy) is 1. The molecule has 0 atom stereocenters. The van der Waals surface area contributed by atoms with Gasteiger partial charge in [0.25, 0.3) is 5.56 Å². The second-order valence-corrected chi connectivity index (χ2v) is 4.98. The van der Waals surface area contributed by atoms with Crippen LogP contribution in [0.4, 0.5) is 0 Å². The van der Waals surface area contributed by atoms with E-state index in [4.69, 9.17) is 4.74 Å². The van der Waals surface area contributed by atoms with Crippen LogP contribution in [0.15, 0.2) is 59.4 Å². The molecule has 0 aliphatic rings. The van der Waals surface area contributed by atoms with Gasteiger partial charge < -0.3 is 12.8 Å². The average Bonchev–Trinajstić information content (AvgIpc) is 2.54. The van der Waals surface area contributed by atoms with Crippen molar-refractivity contribution >= 4 is 39.9 Å². The van der Waals surface area contributed by atoms with E-state index in [1.165, 1.54) is 29.1 Å². The van der Waals surface area contributed by atoms with Gasteiger partial charge in [0.15, 0.2) is 23.0 Å². The lowest BCUT2D eigenvalue weighted by molar-refractivity contribution is 0.0800. The molecule has 0 spiro atoms. The summed E-state index contributed by atoms with van der Waals surface area (Å²) >= 11 is 1.53. The molecule has 0 fully saturated rings. The quantitative estimate of drug-likeness (QED) is 0.671. The number of hydrogen-bond donors (Lipinski definition) is 1. The third kappa shape index (κ3) is 2.96. The third-order valence-corrected chi connectivity index (χ3v) is 3.48. The molecule has 3 rings (SSSR count). The van der Waals surface area contributed by atoms with Gasteiger partial charge in [-0.3, -0.25) is 4.79 Å². The van der Waals surface area contributed by atoms with E-state index in [1.807, 2.05) is 18.2 Å². The number of aromatic amines is 1. The minimum Gasteiger partial charge on any atom is -0.456 e. The Bertz CT molecular complexity index is 890. The normalized spacial score (nSPS) is 10.4. The summed E-state index contributed by atoms with van der Waals surface area (Å²) in [4.78, 5) is 26.1. The monoisotopic (exact) mass is 407 g/mol. The Labute approximate surface area is 139 Å². The van der Waals surface area contributed by atoms with Crippen LogP contribution in [0.25, 0.3) is 10.9 Å². The molecule has 6 heteroatoms. The number of halogens is 1. The number of benzene rings is 2. The van der Waals surface area contributed by atoms with E-state index in [0.29, 0.717) is 28.0 Å². The van der Waals surface area contributed by atoms with Gasteiger partial charge in [0.1, 0.15) is 11.5 Å². The highest BCUT2D eigenvalue weighted by Crippen LogP contribution is 2.28. The Hall–Kier alpha value is -2.35. The molecule has 2 aromatic carbocycles. The van der Waals surface area contributed by atoms with Gasteiger partial charge in [-0.2, -0.15) is 0 Å². The predicted molar refractivity (Wildman–Crippen MR) is 90.5 cm³/mol. The van der Waals surface area contributed by atoms with Gasteiger partial charge in [0, 0.05) is 11.5 Å². The summed E-state index contributed by atoms with van der Waals surface area (Å²) in [7, 11) is 0. The smallest absolute Gasteiger partial charge is 0.347 e. The Balaban J connectivity index is 2.14.